The minimum atomic E-state index is -0.790. The highest BCUT2D eigenvalue weighted by Gasteiger charge is 2.26. The van der Waals surface area contributed by atoms with Crippen LogP contribution in [-0.2, 0) is 17.7 Å². The van der Waals surface area contributed by atoms with E-state index in [4.69, 9.17) is 14.2 Å². The van der Waals surface area contributed by atoms with E-state index < -0.39 is 34.8 Å². The van der Waals surface area contributed by atoms with Gasteiger partial charge in [-0.3, -0.25) is 14.3 Å². The molecule has 0 saturated heterocycles. The molecule has 1 amide bonds. The van der Waals surface area contributed by atoms with Gasteiger partial charge in [-0.25, -0.2) is 18.1 Å². The number of pyridine rings is 1. The Bertz CT molecular complexity index is 2390. The lowest BCUT2D eigenvalue weighted by Gasteiger charge is -2.18. The Morgan fingerprint density at radius 3 is 2.47 bits per heavy atom. The van der Waals surface area contributed by atoms with Gasteiger partial charge in [-0.1, -0.05) is 0 Å². The molecule has 0 radical (unpaired) electrons. The Morgan fingerprint density at radius 1 is 0.961 bits per heavy atom. The average molecular weight is 695 g/mol. The fourth-order valence-electron chi connectivity index (χ4n) is 5.93. The maximum absolute atomic E-state index is 15.7. The Morgan fingerprint density at radius 2 is 1.75 bits per heavy atom. The number of amides is 1. The normalized spacial score (nSPS) is 12.3. The number of nitrogens with zero attached hydrogens (tertiary/aromatic N) is 5. The molecule has 0 fully saturated rings. The summed E-state index contributed by atoms with van der Waals surface area (Å²) < 4.78 is 50.6. The van der Waals surface area contributed by atoms with Gasteiger partial charge in [-0.05, 0) is 94.3 Å². The summed E-state index contributed by atoms with van der Waals surface area (Å²) in [6, 6.07) is 13.6. The number of rotatable bonds is 8. The van der Waals surface area contributed by atoms with Crippen LogP contribution in [0.15, 0.2) is 84.0 Å². The fraction of sp³-hybridized carbons (Fsp3) is 0.216. The monoisotopic (exact) mass is 694 g/mol. The van der Waals surface area contributed by atoms with Gasteiger partial charge >= 0.3 is 6.09 Å². The van der Waals surface area contributed by atoms with E-state index in [0.717, 1.165) is 31.8 Å². The van der Waals surface area contributed by atoms with Gasteiger partial charge in [-0.2, -0.15) is 14.9 Å². The molecule has 3 aromatic carbocycles. The van der Waals surface area contributed by atoms with Crippen molar-refractivity contribution in [2.75, 3.05) is 11.9 Å². The van der Waals surface area contributed by atoms with Gasteiger partial charge in [0.25, 0.3) is 11.5 Å². The topological polar surface area (TPSA) is 132 Å². The van der Waals surface area contributed by atoms with Crippen LogP contribution in [0, 0.1) is 11.6 Å². The Kier molecular flexibility index (Phi) is 8.37. The van der Waals surface area contributed by atoms with E-state index in [1.807, 2.05) is 10.7 Å². The molecule has 14 heteroatoms. The van der Waals surface area contributed by atoms with Crippen LogP contribution in [0.25, 0.3) is 27.7 Å². The van der Waals surface area contributed by atoms with E-state index in [0.29, 0.717) is 35.5 Å². The molecule has 0 bridgehead atoms. The van der Waals surface area contributed by atoms with E-state index in [1.165, 1.54) is 60.9 Å². The zero-order chi connectivity index (χ0) is 36.0. The van der Waals surface area contributed by atoms with Gasteiger partial charge in [0.05, 0.1) is 30.2 Å². The molecule has 1 aliphatic heterocycles. The van der Waals surface area contributed by atoms with Crippen molar-refractivity contribution >= 4 is 28.6 Å². The van der Waals surface area contributed by atoms with E-state index in [9.17, 15) is 18.8 Å². The van der Waals surface area contributed by atoms with Gasteiger partial charge in [0.2, 0.25) is 5.88 Å². The van der Waals surface area contributed by atoms with Crippen molar-refractivity contribution in [2.45, 2.75) is 46.3 Å². The van der Waals surface area contributed by atoms with Crippen LogP contribution in [-0.4, -0.2) is 48.3 Å². The predicted molar refractivity (Wildman–Crippen MR) is 184 cm³/mol. The smallest absolute Gasteiger partial charge is 0.435 e. The van der Waals surface area contributed by atoms with E-state index >= 15 is 4.39 Å². The van der Waals surface area contributed by atoms with Crippen molar-refractivity contribution in [3.05, 3.63) is 112 Å². The Hall–Kier alpha value is -6.31. The third kappa shape index (κ3) is 6.43. The van der Waals surface area contributed by atoms with Gasteiger partial charge in [0.15, 0.2) is 11.6 Å². The first kappa shape index (κ1) is 33.2. The molecule has 0 unspecified atom stereocenters. The van der Waals surface area contributed by atoms with Crippen LogP contribution in [0.2, 0.25) is 0 Å². The van der Waals surface area contributed by atoms with Crippen LogP contribution in [0.3, 0.4) is 0 Å². The number of halogens is 2. The van der Waals surface area contributed by atoms with Crippen LogP contribution >= 0.6 is 0 Å². The maximum Gasteiger partial charge on any atom is 0.435 e. The van der Waals surface area contributed by atoms with E-state index in [1.54, 1.807) is 33.9 Å². The number of carbonyl (C=O) groups excluding carboxylic acids is 2. The lowest BCUT2D eigenvalue weighted by atomic mass is 10.00. The van der Waals surface area contributed by atoms with Crippen LogP contribution < -0.4 is 20.3 Å². The summed E-state index contributed by atoms with van der Waals surface area (Å²) in [6.07, 6.45) is 4.76. The van der Waals surface area contributed by atoms with Crippen molar-refractivity contribution in [3.63, 3.8) is 0 Å². The molecule has 0 aliphatic carbocycles. The van der Waals surface area contributed by atoms with Crippen LogP contribution in [0.4, 0.5) is 19.3 Å². The molecule has 1 aliphatic rings. The summed E-state index contributed by atoms with van der Waals surface area (Å²) >= 11 is 0. The molecule has 51 heavy (non-hydrogen) atoms. The third-order valence-electron chi connectivity index (χ3n) is 8.09. The van der Waals surface area contributed by atoms with Crippen molar-refractivity contribution < 1.29 is 32.6 Å². The van der Waals surface area contributed by atoms with Gasteiger partial charge < -0.3 is 19.5 Å². The lowest BCUT2D eigenvalue weighted by molar-refractivity contribution is 0.0514. The average Bonchev–Trinajstić information content (AvgIpc) is 3.83. The van der Waals surface area contributed by atoms with Gasteiger partial charge in [-0.15, -0.1) is 0 Å². The number of anilines is 1. The number of ether oxygens (including phenoxy) is 3. The van der Waals surface area contributed by atoms with Gasteiger partial charge in [0.1, 0.15) is 22.7 Å². The quantitative estimate of drug-likeness (QED) is 0.178. The molecular formula is C37H32F2N6O6. The minimum Gasteiger partial charge on any atom is -0.479 e. The van der Waals surface area contributed by atoms with Crippen LogP contribution in [0.5, 0.6) is 17.4 Å². The highest BCUT2D eigenvalue weighted by atomic mass is 19.1. The summed E-state index contributed by atoms with van der Waals surface area (Å²) in [5.74, 6) is -1.72. The highest BCUT2D eigenvalue weighted by Crippen LogP contribution is 2.43. The number of carbonyl (C=O) groups is 2. The zero-order valence-electron chi connectivity index (χ0n) is 28.1. The standard InChI is InChI=1S/C37H32F2N6O6/c1-5-49-31-13-11-26(35(47)45(31)25-9-6-23(38)7-10-25)34(46)42-24-8-12-29(28(39)17-24)50-30-16-21-14-15-43-33(21)27(19-41-43)32(30)22-18-40-44(20-22)36(48)51-37(2,3)4/h6-13,16-20H,5,14-15H2,1-4H3,(H,42,46). The Balaban J connectivity index is 1.18. The first-order valence-electron chi connectivity index (χ1n) is 16.1. The second-order valence-corrected chi connectivity index (χ2v) is 12.8. The highest BCUT2D eigenvalue weighted by molar-refractivity contribution is 6.04. The third-order valence-corrected chi connectivity index (χ3v) is 8.09. The summed E-state index contributed by atoms with van der Waals surface area (Å²) in [6.45, 7) is 7.92. The SMILES string of the molecule is CCOc1ccc(C(=O)Nc2ccc(Oc3cc4c5c(cnn5CC4)c3-c3cnn(C(=O)OC(C)(C)C)c3)c(F)c2)c(=O)n1-c1ccc(F)cc1. The molecule has 0 saturated carbocycles. The van der Waals surface area contributed by atoms with E-state index in [-0.39, 0.29) is 29.5 Å². The molecular weight excluding hydrogens is 662 g/mol. The van der Waals surface area contributed by atoms with Crippen molar-refractivity contribution in [1.82, 2.24) is 24.1 Å². The van der Waals surface area contributed by atoms with Gasteiger partial charge in [0, 0.05) is 41.0 Å². The lowest BCUT2D eigenvalue weighted by Crippen LogP contribution is -2.29. The summed E-state index contributed by atoms with van der Waals surface area (Å²) in [5.41, 5.74) is 1.65. The second kappa shape index (κ2) is 12.9. The van der Waals surface area contributed by atoms with Crippen molar-refractivity contribution in [3.8, 4) is 34.2 Å². The first-order chi connectivity index (χ1) is 24.4. The molecule has 6 aromatic rings. The second-order valence-electron chi connectivity index (χ2n) is 12.8. The largest absolute Gasteiger partial charge is 0.479 e. The maximum atomic E-state index is 15.7. The fourth-order valence-corrected chi connectivity index (χ4v) is 5.93. The molecule has 3 aromatic heterocycles. The molecule has 7 rings (SSSR count). The summed E-state index contributed by atoms with van der Waals surface area (Å²) in [5, 5.41) is 12.0. The molecule has 12 nitrogen and oxygen atoms in total. The van der Waals surface area contributed by atoms with Crippen molar-refractivity contribution in [1.29, 1.82) is 0 Å². The number of benzene rings is 3. The summed E-state index contributed by atoms with van der Waals surface area (Å²) in [4.78, 5) is 39.5. The number of aryl methyl sites for hydroxylation is 2. The summed E-state index contributed by atoms with van der Waals surface area (Å²) in [7, 11) is 0. The first-order valence-corrected chi connectivity index (χ1v) is 16.1. The van der Waals surface area contributed by atoms with E-state index in [2.05, 4.69) is 15.5 Å². The Labute approximate surface area is 289 Å². The van der Waals surface area contributed by atoms with Crippen molar-refractivity contribution in [2.24, 2.45) is 0 Å². The van der Waals surface area contributed by atoms with Crippen LogP contribution in [0.1, 0.15) is 43.6 Å². The molecule has 4 heterocycles. The zero-order valence-corrected chi connectivity index (χ0v) is 28.1. The molecule has 260 valence electrons. The predicted octanol–water partition coefficient (Wildman–Crippen LogP) is 7.11. The number of nitrogens with one attached hydrogen (secondary N) is 1. The molecule has 1 N–H and O–H groups in total. The number of aromatic nitrogens is 5. The number of hydrogen-bond acceptors (Lipinski definition) is 8. The molecule has 0 atom stereocenters. The minimum absolute atomic E-state index is 0.0701. The molecule has 0 spiro atoms. The number of hydrogen-bond donors (Lipinski definition) is 1.